The van der Waals surface area contributed by atoms with Crippen molar-refractivity contribution in [2.24, 2.45) is 11.3 Å². The van der Waals surface area contributed by atoms with Gasteiger partial charge in [0, 0.05) is 18.6 Å². The first-order valence-electron chi connectivity index (χ1n) is 7.99. The molecule has 2 fully saturated rings. The Morgan fingerprint density at radius 3 is 2.67 bits per heavy atom. The van der Waals surface area contributed by atoms with Crippen molar-refractivity contribution in [2.45, 2.75) is 71.4 Å². The molecule has 0 aromatic carbocycles. The van der Waals surface area contributed by atoms with Crippen molar-refractivity contribution < 1.29 is 0 Å². The molecule has 0 spiro atoms. The van der Waals surface area contributed by atoms with E-state index in [-0.39, 0.29) is 0 Å². The summed E-state index contributed by atoms with van der Waals surface area (Å²) in [6.45, 7) is 9.91. The SMILES string of the molecule is CCC1CCCN1CC1CCCC(C)(C)C1NC. The van der Waals surface area contributed by atoms with Crippen LogP contribution in [-0.4, -0.2) is 37.1 Å². The van der Waals surface area contributed by atoms with E-state index in [0.717, 1.165) is 12.0 Å². The van der Waals surface area contributed by atoms with Gasteiger partial charge in [0.2, 0.25) is 0 Å². The molecule has 18 heavy (non-hydrogen) atoms. The maximum absolute atomic E-state index is 3.62. The Morgan fingerprint density at radius 1 is 1.22 bits per heavy atom. The van der Waals surface area contributed by atoms with Crippen LogP contribution in [0, 0.1) is 11.3 Å². The van der Waals surface area contributed by atoms with Crippen LogP contribution in [0.25, 0.3) is 0 Å². The topological polar surface area (TPSA) is 15.3 Å². The predicted octanol–water partition coefficient (Wildman–Crippen LogP) is 3.28. The summed E-state index contributed by atoms with van der Waals surface area (Å²) in [7, 11) is 2.16. The summed E-state index contributed by atoms with van der Waals surface area (Å²) in [4.78, 5) is 2.77. The van der Waals surface area contributed by atoms with Crippen LogP contribution in [0.2, 0.25) is 0 Å². The molecular formula is C16H32N2. The zero-order valence-corrected chi connectivity index (χ0v) is 12.8. The molecule has 0 aromatic heterocycles. The van der Waals surface area contributed by atoms with Gasteiger partial charge in [-0.25, -0.2) is 0 Å². The van der Waals surface area contributed by atoms with Gasteiger partial charge in [0.05, 0.1) is 0 Å². The molecule has 1 aliphatic carbocycles. The van der Waals surface area contributed by atoms with E-state index >= 15 is 0 Å². The Balaban J connectivity index is 1.98. The van der Waals surface area contributed by atoms with Crippen LogP contribution in [-0.2, 0) is 0 Å². The number of nitrogens with one attached hydrogen (secondary N) is 1. The first-order chi connectivity index (χ1) is 8.58. The van der Waals surface area contributed by atoms with E-state index < -0.39 is 0 Å². The highest BCUT2D eigenvalue weighted by Crippen LogP contribution is 2.39. The highest BCUT2D eigenvalue weighted by Gasteiger charge is 2.39. The van der Waals surface area contributed by atoms with Gasteiger partial charge in [-0.3, -0.25) is 0 Å². The van der Waals surface area contributed by atoms with Gasteiger partial charge in [-0.2, -0.15) is 0 Å². The van der Waals surface area contributed by atoms with Gasteiger partial charge in [-0.05, 0) is 57.0 Å². The number of nitrogens with zero attached hydrogens (tertiary/aromatic N) is 1. The molecule has 1 saturated carbocycles. The van der Waals surface area contributed by atoms with Crippen molar-refractivity contribution in [1.29, 1.82) is 0 Å². The van der Waals surface area contributed by atoms with Crippen LogP contribution in [0.4, 0.5) is 0 Å². The number of hydrogen-bond donors (Lipinski definition) is 1. The molecule has 2 heteroatoms. The lowest BCUT2D eigenvalue weighted by atomic mass is 9.68. The third-order valence-corrected chi connectivity index (χ3v) is 5.46. The van der Waals surface area contributed by atoms with E-state index in [1.54, 1.807) is 0 Å². The third kappa shape index (κ3) is 2.91. The Kier molecular flexibility index (Phi) is 4.71. The highest BCUT2D eigenvalue weighted by molar-refractivity contribution is 4.95. The molecule has 106 valence electrons. The summed E-state index contributed by atoms with van der Waals surface area (Å²) in [5, 5.41) is 3.62. The first-order valence-corrected chi connectivity index (χ1v) is 7.99. The van der Waals surface area contributed by atoms with E-state index in [0.29, 0.717) is 11.5 Å². The maximum Gasteiger partial charge on any atom is 0.0156 e. The lowest BCUT2D eigenvalue weighted by Gasteiger charge is -2.45. The Labute approximate surface area is 114 Å². The van der Waals surface area contributed by atoms with E-state index in [1.165, 1.54) is 51.6 Å². The Bertz CT molecular complexity index is 262. The van der Waals surface area contributed by atoms with Crippen molar-refractivity contribution in [3.63, 3.8) is 0 Å². The van der Waals surface area contributed by atoms with Crippen LogP contribution < -0.4 is 5.32 Å². The molecule has 0 amide bonds. The second-order valence-corrected chi connectivity index (χ2v) is 7.11. The summed E-state index contributed by atoms with van der Waals surface area (Å²) >= 11 is 0. The molecule has 2 nitrogen and oxygen atoms in total. The van der Waals surface area contributed by atoms with Crippen molar-refractivity contribution in [1.82, 2.24) is 10.2 Å². The summed E-state index contributed by atoms with van der Waals surface area (Å²) in [6.07, 6.45) is 8.39. The molecule has 2 aliphatic rings. The van der Waals surface area contributed by atoms with E-state index in [1.807, 2.05) is 0 Å². The first kappa shape index (κ1) is 14.3. The fourth-order valence-corrected chi connectivity index (χ4v) is 4.50. The zero-order chi connectivity index (χ0) is 13.2. The van der Waals surface area contributed by atoms with Gasteiger partial charge in [0.1, 0.15) is 0 Å². The average molecular weight is 252 g/mol. The fraction of sp³-hybridized carbons (Fsp3) is 1.00. The van der Waals surface area contributed by atoms with Gasteiger partial charge >= 0.3 is 0 Å². The molecule has 3 atom stereocenters. The second kappa shape index (κ2) is 5.92. The molecule has 1 saturated heterocycles. The largest absolute Gasteiger partial charge is 0.316 e. The standard InChI is InChI=1S/C16H32N2/c1-5-14-9-7-11-18(14)12-13-8-6-10-16(2,3)15(13)17-4/h13-15,17H,5-12H2,1-4H3. The van der Waals surface area contributed by atoms with Crippen molar-refractivity contribution in [3.8, 4) is 0 Å². The molecule has 1 N–H and O–H groups in total. The van der Waals surface area contributed by atoms with Crippen molar-refractivity contribution >= 4 is 0 Å². The third-order valence-electron chi connectivity index (χ3n) is 5.46. The molecule has 0 radical (unpaired) electrons. The maximum atomic E-state index is 3.62. The summed E-state index contributed by atoms with van der Waals surface area (Å²) in [5.41, 5.74) is 0.471. The van der Waals surface area contributed by atoms with E-state index in [9.17, 15) is 0 Å². The number of hydrogen-bond acceptors (Lipinski definition) is 2. The van der Waals surface area contributed by atoms with Crippen LogP contribution in [0.3, 0.4) is 0 Å². The molecule has 1 aliphatic heterocycles. The molecular weight excluding hydrogens is 220 g/mol. The fourth-order valence-electron chi connectivity index (χ4n) is 4.50. The highest BCUT2D eigenvalue weighted by atomic mass is 15.2. The van der Waals surface area contributed by atoms with Crippen molar-refractivity contribution in [2.75, 3.05) is 20.1 Å². The number of rotatable bonds is 4. The molecule has 2 rings (SSSR count). The molecule has 1 heterocycles. The van der Waals surface area contributed by atoms with Crippen LogP contribution in [0.1, 0.15) is 59.3 Å². The van der Waals surface area contributed by atoms with E-state index in [2.05, 4.69) is 38.0 Å². The van der Waals surface area contributed by atoms with E-state index in [4.69, 9.17) is 0 Å². The zero-order valence-electron chi connectivity index (χ0n) is 12.8. The van der Waals surface area contributed by atoms with Gasteiger partial charge in [-0.15, -0.1) is 0 Å². The monoisotopic (exact) mass is 252 g/mol. The second-order valence-electron chi connectivity index (χ2n) is 7.11. The average Bonchev–Trinajstić information content (AvgIpc) is 2.75. The summed E-state index contributed by atoms with van der Waals surface area (Å²) in [5.74, 6) is 0.853. The van der Waals surface area contributed by atoms with Crippen LogP contribution in [0.15, 0.2) is 0 Å². The smallest absolute Gasteiger partial charge is 0.0156 e. The van der Waals surface area contributed by atoms with Gasteiger partial charge in [0.25, 0.3) is 0 Å². The minimum absolute atomic E-state index is 0.471. The summed E-state index contributed by atoms with van der Waals surface area (Å²) in [6, 6.07) is 1.57. The quantitative estimate of drug-likeness (QED) is 0.826. The van der Waals surface area contributed by atoms with Crippen LogP contribution in [0.5, 0.6) is 0 Å². The Morgan fingerprint density at radius 2 is 2.00 bits per heavy atom. The lowest BCUT2D eigenvalue weighted by Crippen LogP contribution is -2.52. The number of likely N-dealkylation sites (tertiary alicyclic amines) is 1. The predicted molar refractivity (Wildman–Crippen MR) is 78.9 cm³/mol. The molecule has 0 bridgehead atoms. The minimum atomic E-state index is 0.471. The molecule has 3 unspecified atom stereocenters. The lowest BCUT2D eigenvalue weighted by molar-refractivity contribution is 0.0791. The van der Waals surface area contributed by atoms with Gasteiger partial charge in [-0.1, -0.05) is 27.2 Å². The van der Waals surface area contributed by atoms with Crippen molar-refractivity contribution in [3.05, 3.63) is 0 Å². The molecule has 0 aromatic rings. The normalized spacial score (nSPS) is 37.0. The van der Waals surface area contributed by atoms with Crippen LogP contribution >= 0.6 is 0 Å². The van der Waals surface area contributed by atoms with Gasteiger partial charge < -0.3 is 10.2 Å². The summed E-state index contributed by atoms with van der Waals surface area (Å²) < 4.78 is 0. The Hall–Kier alpha value is -0.0800. The minimum Gasteiger partial charge on any atom is -0.316 e. The van der Waals surface area contributed by atoms with Gasteiger partial charge in [0.15, 0.2) is 0 Å².